The van der Waals surface area contributed by atoms with Crippen molar-refractivity contribution < 1.29 is 53.7 Å². The van der Waals surface area contributed by atoms with Gasteiger partial charge in [-0.15, -0.1) is 0 Å². The van der Waals surface area contributed by atoms with Crippen molar-refractivity contribution >= 4 is 70.9 Å². The van der Waals surface area contributed by atoms with Crippen molar-refractivity contribution in [3.8, 4) is 5.75 Å². The SMILES string of the molecule is CSCC[C@H](NC(=O)[C@H](CC(C)C)NC(=O)[C@H](Cc1cnc[nH]1)NC(=O)[C@H](Cc1ccccc1)NC(=O)[C@@H](CCSC)NC(=O)[C@@H](N)Cc1ccc(O)cc1)C(=O)N[C@@H](CC(=O)O)C(=O)O. The number of carbonyl (C=O) groups is 8. The molecule has 0 unspecified atom stereocenters. The van der Waals surface area contributed by atoms with Crippen LogP contribution < -0.4 is 37.6 Å². The maximum absolute atomic E-state index is 14.4. The summed E-state index contributed by atoms with van der Waals surface area (Å²) in [6.07, 6.45) is 5.79. The standard InChI is InChI=1S/C44H61N9O11S2/c1-25(2)18-33(41(60)49-32(15-17-66-4)40(59)53-36(44(63)64)22-37(55)56)50-43(62)35(21-28-23-46-24-47-28)52-42(61)34(20-26-8-6-5-7-9-26)51-39(58)31(14-16-65-3)48-38(57)30(45)19-27-10-12-29(54)13-11-27/h5-13,23-25,30-36,54H,14-22,45H2,1-4H3,(H,46,47)(H,48,57)(H,49,60)(H,50,62)(H,51,58)(H,52,61)(H,53,59)(H,55,56)(H,63,64)/t30-,31+,32-,33-,34-,35-,36-/m0/s1. The molecule has 20 nitrogen and oxygen atoms in total. The maximum atomic E-state index is 14.4. The van der Waals surface area contributed by atoms with Gasteiger partial charge in [0.25, 0.3) is 0 Å². The van der Waals surface area contributed by atoms with Crippen molar-refractivity contribution in [2.24, 2.45) is 11.7 Å². The van der Waals surface area contributed by atoms with Crippen LogP contribution in [0.25, 0.3) is 0 Å². The van der Waals surface area contributed by atoms with Crippen LogP contribution in [0.4, 0.5) is 0 Å². The van der Waals surface area contributed by atoms with Gasteiger partial charge < -0.3 is 57.9 Å². The lowest BCUT2D eigenvalue weighted by Crippen LogP contribution is -2.60. The molecule has 360 valence electrons. The lowest BCUT2D eigenvalue weighted by atomic mass is 10.0. The Balaban J connectivity index is 1.89. The molecule has 2 aromatic carbocycles. The number of nitrogens with one attached hydrogen (secondary N) is 7. The number of nitrogens with zero attached hydrogens (tertiary/aromatic N) is 1. The first-order valence-electron chi connectivity index (χ1n) is 21.2. The molecule has 0 saturated carbocycles. The highest BCUT2D eigenvalue weighted by atomic mass is 32.2. The fourth-order valence-electron chi connectivity index (χ4n) is 6.59. The Labute approximate surface area is 391 Å². The van der Waals surface area contributed by atoms with Gasteiger partial charge in [0.2, 0.25) is 35.4 Å². The summed E-state index contributed by atoms with van der Waals surface area (Å²) in [7, 11) is 0. The van der Waals surface area contributed by atoms with Crippen LogP contribution in [-0.4, -0.2) is 139 Å². The Bertz CT molecular complexity index is 2060. The highest BCUT2D eigenvalue weighted by Gasteiger charge is 2.34. The van der Waals surface area contributed by atoms with Crippen molar-refractivity contribution in [1.29, 1.82) is 0 Å². The third-order valence-corrected chi connectivity index (χ3v) is 11.4. The number of aliphatic carboxylic acids is 2. The molecule has 1 aromatic heterocycles. The number of carboxylic acids is 2. The van der Waals surface area contributed by atoms with Gasteiger partial charge in [-0.25, -0.2) is 9.78 Å². The van der Waals surface area contributed by atoms with Gasteiger partial charge in [-0.05, 0) is 78.9 Å². The summed E-state index contributed by atoms with van der Waals surface area (Å²) in [4.78, 5) is 113. The summed E-state index contributed by atoms with van der Waals surface area (Å²) >= 11 is 2.79. The predicted octanol–water partition coefficient (Wildman–Crippen LogP) is 0.491. The number of thioether (sulfide) groups is 2. The number of phenolic OH excluding ortho intramolecular Hbond substituents is 1. The molecule has 0 aliphatic rings. The summed E-state index contributed by atoms with van der Waals surface area (Å²) in [5.41, 5.74) is 8.03. The summed E-state index contributed by atoms with van der Waals surface area (Å²) in [5, 5.41) is 44.0. The van der Waals surface area contributed by atoms with Crippen LogP contribution in [0.15, 0.2) is 67.1 Å². The molecular formula is C44H61N9O11S2. The number of aromatic nitrogens is 2. The van der Waals surface area contributed by atoms with Crippen LogP contribution in [0.5, 0.6) is 5.75 Å². The van der Waals surface area contributed by atoms with Crippen LogP contribution in [-0.2, 0) is 57.6 Å². The summed E-state index contributed by atoms with van der Waals surface area (Å²) in [6.45, 7) is 3.60. The molecule has 0 bridgehead atoms. The number of rotatable bonds is 29. The van der Waals surface area contributed by atoms with E-state index >= 15 is 0 Å². The molecule has 3 rings (SSSR count). The van der Waals surface area contributed by atoms with Gasteiger partial charge in [0.15, 0.2) is 0 Å². The minimum Gasteiger partial charge on any atom is -0.508 e. The van der Waals surface area contributed by atoms with Crippen LogP contribution in [0.2, 0.25) is 0 Å². The Morgan fingerprint density at radius 1 is 0.621 bits per heavy atom. The minimum absolute atomic E-state index is 0.0204. The van der Waals surface area contributed by atoms with Crippen molar-refractivity contribution in [3.05, 3.63) is 83.9 Å². The van der Waals surface area contributed by atoms with E-state index in [1.54, 1.807) is 62.6 Å². The second kappa shape index (κ2) is 28.0. The third-order valence-electron chi connectivity index (χ3n) is 10.1. The summed E-state index contributed by atoms with van der Waals surface area (Å²) in [5.74, 6) is -6.90. The Morgan fingerprint density at radius 3 is 1.59 bits per heavy atom. The molecule has 3 aromatic rings. The van der Waals surface area contributed by atoms with Crippen LogP contribution in [0, 0.1) is 5.92 Å². The van der Waals surface area contributed by atoms with Gasteiger partial charge in [-0.2, -0.15) is 23.5 Å². The molecule has 0 saturated heterocycles. The van der Waals surface area contributed by atoms with E-state index in [1.807, 2.05) is 6.26 Å². The van der Waals surface area contributed by atoms with E-state index in [9.17, 15) is 48.6 Å². The highest BCUT2D eigenvalue weighted by molar-refractivity contribution is 7.98. The number of hydrogen-bond donors (Lipinski definition) is 11. The molecule has 0 radical (unpaired) electrons. The van der Waals surface area contributed by atoms with E-state index in [0.29, 0.717) is 28.3 Å². The number of imidazole rings is 1. The zero-order valence-corrected chi connectivity index (χ0v) is 38.9. The van der Waals surface area contributed by atoms with E-state index in [2.05, 4.69) is 41.9 Å². The van der Waals surface area contributed by atoms with Crippen molar-refractivity contribution in [1.82, 2.24) is 41.9 Å². The number of aromatic amines is 1. The molecule has 1 heterocycles. The van der Waals surface area contributed by atoms with Crippen LogP contribution in [0.3, 0.4) is 0 Å². The molecule has 0 aliphatic carbocycles. The molecule has 12 N–H and O–H groups in total. The third kappa shape index (κ3) is 19.1. The number of phenols is 1. The van der Waals surface area contributed by atoms with Gasteiger partial charge in [-0.3, -0.25) is 33.6 Å². The second-order valence-electron chi connectivity index (χ2n) is 15.9. The molecule has 22 heteroatoms. The molecule has 6 amide bonds. The lowest BCUT2D eigenvalue weighted by molar-refractivity contribution is -0.147. The Kier molecular flexibility index (Phi) is 23.0. The zero-order valence-electron chi connectivity index (χ0n) is 37.3. The van der Waals surface area contributed by atoms with Crippen molar-refractivity contribution in [3.63, 3.8) is 0 Å². The number of aromatic hydroxyl groups is 1. The number of amides is 6. The zero-order chi connectivity index (χ0) is 48.8. The van der Waals surface area contributed by atoms with E-state index in [4.69, 9.17) is 10.8 Å². The quantitative estimate of drug-likeness (QED) is 0.0451. The van der Waals surface area contributed by atoms with Gasteiger partial charge >= 0.3 is 11.9 Å². The van der Waals surface area contributed by atoms with Gasteiger partial charge in [-0.1, -0.05) is 56.3 Å². The normalized spacial score (nSPS) is 14.3. The largest absolute Gasteiger partial charge is 0.508 e. The van der Waals surface area contributed by atoms with E-state index in [0.717, 1.165) is 0 Å². The van der Waals surface area contributed by atoms with Crippen LogP contribution in [0.1, 0.15) is 56.4 Å². The number of nitrogens with two attached hydrogens (primary N) is 1. The minimum atomic E-state index is -1.77. The maximum Gasteiger partial charge on any atom is 0.326 e. The molecule has 0 fully saturated rings. The molecular weight excluding hydrogens is 895 g/mol. The van der Waals surface area contributed by atoms with Gasteiger partial charge in [0, 0.05) is 24.7 Å². The van der Waals surface area contributed by atoms with E-state index < -0.39 is 96.1 Å². The average Bonchev–Trinajstić information content (AvgIpc) is 3.79. The molecule has 66 heavy (non-hydrogen) atoms. The van der Waals surface area contributed by atoms with Crippen LogP contribution >= 0.6 is 23.5 Å². The first-order valence-corrected chi connectivity index (χ1v) is 24.0. The number of carbonyl (C=O) groups excluding carboxylic acids is 6. The van der Waals surface area contributed by atoms with Crippen molar-refractivity contribution in [2.45, 2.75) is 101 Å². The lowest BCUT2D eigenvalue weighted by Gasteiger charge is -2.28. The van der Waals surface area contributed by atoms with Crippen molar-refractivity contribution in [2.75, 3.05) is 24.0 Å². The smallest absolute Gasteiger partial charge is 0.326 e. The Hall–Kier alpha value is -6.13. The van der Waals surface area contributed by atoms with E-state index in [-0.39, 0.29) is 50.2 Å². The number of hydrogen-bond acceptors (Lipinski definition) is 13. The fraction of sp³-hybridized carbons (Fsp3) is 0.477. The van der Waals surface area contributed by atoms with Gasteiger partial charge in [0.1, 0.15) is 42.0 Å². The number of H-pyrrole nitrogens is 1. The average molecular weight is 956 g/mol. The molecule has 0 aliphatic heterocycles. The Morgan fingerprint density at radius 2 is 1.09 bits per heavy atom. The first-order chi connectivity index (χ1) is 31.4. The summed E-state index contributed by atoms with van der Waals surface area (Å²) in [6, 6.07) is 5.90. The summed E-state index contributed by atoms with van der Waals surface area (Å²) < 4.78 is 0. The predicted molar refractivity (Wildman–Crippen MR) is 249 cm³/mol. The molecule has 0 spiro atoms. The topological polar surface area (TPSA) is 324 Å². The monoisotopic (exact) mass is 955 g/mol. The first kappa shape index (κ1) is 54.2. The van der Waals surface area contributed by atoms with E-state index in [1.165, 1.54) is 48.2 Å². The van der Waals surface area contributed by atoms with Gasteiger partial charge in [0.05, 0.1) is 18.8 Å². The molecule has 7 atom stereocenters. The number of carboxylic acid groups (broad SMARTS) is 2. The fourth-order valence-corrected chi connectivity index (χ4v) is 7.53. The highest BCUT2D eigenvalue weighted by Crippen LogP contribution is 2.13. The second-order valence-corrected chi connectivity index (χ2v) is 17.9. The number of benzene rings is 2.